The molecule has 0 amide bonds. The van der Waals surface area contributed by atoms with Gasteiger partial charge >= 0.3 is 0 Å². The summed E-state index contributed by atoms with van der Waals surface area (Å²) in [6.07, 6.45) is 3.11. The molecule has 0 radical (unpaired) electrons. The van der Waals surface area contributed by atoms with Gasteiger partial charge in [0.1, 0.15) is 5.82 Å². The van der Waals surface area contributed by atoms with Crippen LogP contribution < -0.4 is 0 Å². The van der Waals surface area contributed by atoms with E-state index in [1.807, 2.05) is 16.2 Å². The molecule has 0 fully saturated rings. The van der Waals surface area contributed by atoms with Crippen molar-refractivity contribution in [2.45, 2.75) is 26.3 Å². The zero-order valence-corrected chi connectivity index (χ0v) is 8.93. The second-order valence-electron chi connectivity index (χ2n) is 3.44. The second-order valence-corrected chi connectivity index (χ2v) is 3.44. The smallest absolute Gasteiger partial charge is 0.179 e. The molecule has 0 aromatic carbocycles. The Morgan fingerprint density at radius 3 is 2.93 bits per heavy atom. The number of aromatic nitrogens is 4. The summed E-state index contributed by atoms with van der Waals surface area (Å²) in [6, 6.07) is 2.15. The maximum atomic E-state index is 8.60. The Morgan fingerprint density at radius 2 is 2.27 bits per heavy atom. The Bertz CT molecular complexity index is 514. The summed E-state index contributed by atoms with van der Waals surface area (Å²) in [4.78, 5) is 8.79. The quantitative estimate of drug-likeness (QED) is 0.754. The van der Waals surface area contributed by atoms with Gasteiger partial charge in [0.2, 0.25) is 0 Å². The first-order valence-electron chi connectivity index (χ1n) is 5.01. The topological polar surface area (TPSA) is 59.4 Å². The Morgan fingerprint density at radius 1 is 1.47 bits per heavy atom. The highest BCUT2D eigenvalue weighted by atomic mass is 15.2. The zero-order valence-electron chi connectivity index (χ0n) is 8.93. The van der Waals surface area contributed by atoms with E-state index in [0.29, 0.717) is 13.0 Å². The molecule has 0 spiro atoms. The van der Waals surface area contributed by atoms with Crippen molar-refractivity contribution < 1.29 is 0 Å². The highest BCUT2D eigenvalue weighted by molar-refractivity contribution is 5.67. The van der Waals surface area contributed by atoms with Gasteiger partial charge in [-0.1, -0.05) is 6.92 Å². The van der Waals surface area contributed by atoms with Gasteiger partial charge in [-0.15, -0.1) is 0 Å². The second kappa shape index (κ2) is 3.73. The van der Waals surface area contributed by atoms with Crippen molar-refractivity contribution in [1.82, 2.24) is 19.1 Å². The van der Waals surface area contributed by atoms with Crippen molar-refractivity contribution in [3.05, 3.63) is 12.2 Å². The number of rotatable bonds is 3. The third kappa shape index (κ3) is 1.48. The predicted molar refractivity (Wildman–Crippen MR) is 56.1 cm³/mol. The summed E-state index contributed by atoms with van der Waals surface area (Å²) >= 11 is 0. The number of fused-ring (bicyclic) bond motifs is 1. The molecule has 0 aliphatic heterocycles. The van der Waals surface area contributed by atoms with Gasteiger partial charge < -0.3 is 9.13 Å². The third-order valence-electron chi connectivity index (χ3n) is 2.45. The number of aryl methyl sites for hydroxylation is 3. The fraction of sp³-hybridized carbons (Fsp3) is 0.500. The van der Waals surface area contributed by atoms with Crippen molar-refractivity contribution >= 4 is 11.3 Å². The Labute approximate surface area is 88.0 Å². The van der Waals surface area contributed by atoms with Crippen LogP contribution in [0.2, 0.25) is 0 Å². The molecule has 2 rings (SSSR count). The first kappa shape index (κ1) is 9.71. The summed E-state index contributed by atoms with van der Waals surface area (Å²) in [5, 5.41) is 8.60. The van der Waals surface area contributed by atoms with Gasteiger partial charge in [0.15, 0.2) is 11.3 Å². The van der Waals surface area contributed by atoms with E-state index in [-0.39, 0.29) is 0 Å². The molecule has 0 saturated carbocycles. The molecule has 2 aromatic heterocycles. The van der Waals surface area contributed by atoms with Gasteiger partial charge in [-0.25, -0.2) is 9.97 Å². The van der Waals surface area contributed by atoms with Crippen LogP contribution in [0.25, 0.3) is 11.3 Å². The predicted octanol–water partition coefficient (Wildman–Crippen LogP) is 1.25. The summed E-state index contributed by atoms with van der Waals surface area (Å²) < 4.78 is 3.93. The van der Waals surface area contributed by atoms with Gasteiger partial charge in [-0.2, -0.15) is 5.26 Å². The average molecular weight is 203 g/mol. The summed E-state index contributed by atoms with van der Waals surface area (Å²) in [5.74, 6) is 0.999. The molecule has 0 bridgehead atoms. The molecule has 2 aromatic rings. The molecule has 0 aliphatic carbocycles. The number of nitriles is 1. The maximum Gasteiger partial charge on any atom is 0.179 e. The van der Waals surface area contributed by atoms with Crippen LogP contribution in [0.15, 0.2) is 6.33 Å². The van der Waals surface area contributed by atoms with Gasteiger partial charge in [-0.05, 0) is 0 Å². The number of hydrogen-bond donors (Lipinski definition) is 0. The highest BCUT2D eigenvalue weighted by Gasteiger charge is 2.12. The minimum Gasteiger partial charge on any atom is -0.317 e. The number of imidazole rings is 2. The molecular formula is C10H13N5. The van der Waals surface area contributed by atoms with Crippen molar-refractivity contribution in [2.75, 3.05) is 0 Å². The summed E-state index contributed by atoms with van der Waals surface area (Å²) in [7, 11) is 1.93. The normalized spacial score (nSPS) is 10.7. The lowest BCUT2D eigenvalue weighted by atomic mass is 10.4. The lowest BCUT2D eigenvalue weighted by molar-refractivity contribution is 0.682. The van der Waals surface area contributed by atoms with E-state index < -0.39 is 0 Å². The molecule has 0 atom stereocenters. The van der Waals surface area contributed by atoms with Crippen LogP contribution in [0.3, 0.4) is 0 Å². The molecule has 78 valence electrons. The zero-order chi connectivity index (χ0) is 10.8. The van der Waals surface area contributed by atoms with E-state index in [1.165, 1.54) is 0 Å². The lowest BCUT2D eigenvalue weighted by Crippen LogP contribution is -2.03. The first-order chi connectivity index (χ1) is 7.27. The number of nitrogens with zero attached hydrogens (tertiary/aromatic N) is 5. The standard InChI is InChI=1S/C10H13N5/c1-3-8-13-10-9(12-7-14(10)2)15(8)6-4-5-11/h7H,3-4,6H2,1-2H3. The van der Waals surface area contributed by atoms with E-state index in [4.69, 9.17) is 5.26 Å². The molecule has 5 nitrogen and oxygen atoms in total. The Hall–Kier alpha value is -1.83. The van der Waals surface area contributed by atoms with Crippen LogP contribution in [-0.2, 0) is 20.0 Å². The first-order valence-corrected chi connectivity index (χ1v) is 5.01. The fourth-order valence-corrected chi connectivity index (χ4v) is 1.70. The Kier molecular flexibility index (Phi) is 2.42. The van der Waals surface area contributed by atoms with Gasteiger partial charge in [-0.3, -0.25) is 0 Å². The molecule has 0 saturated heterocycles. The van der Waals surface area contributed by atoms with Crippen LogP contribution >= 0.6 is 0 Å². The monoisotopic (exact) mass is 203 g/mol. The van der Waals surface area contributed by atoms with Crippen molar-refractivity contribution in [1.29, 1.82) is 5.26 Å². The minimum absolute atomic E-state index is 0.495. The largest absolute Gasteiger partial charge is 0.317 e. The maximum absolute atomic E-state index is 8.60. The van der Waals surface area contributed by atoms with E-state index in [1.54, 1.807) is 6.33 Å². The Balaban J connectivity index is 2.52. The van der Waals surface area contributed by atoms with E-state index in [9.17, 15) is 0 Å². The van der Waals surface area contributed by atoms with Crippen molar-refractivity contribution in [2.24, 2.45) is 7.05 Å². The minimum atomic E-state index is 0.495. The summed E-state index contributed by atoms with van der Waals surface area (Å²) in [5.41, 5.74) is 1.77. The lowest BCUT2D eigenvalue weighted by Gasteiger charge is -2.02. The van der Waals surface area contributed by atoms with E-state index in [0.717, 1.165) is 23.5 Å². The summed E-state index contributed by atoms with van der Waals surface area (Å²) in [6.45, 7) is 2.73. The average Bonchev–Trinajstić information content (AvgIpc) is 2.76. The third-order valence-corrected chi connectivity index (χ3v) is 2.45. The molecule has 5 heteroatoms. The van der Waals surface area contributed by atoms with Crippen LogP contribution in [0.1, 0.15) is 19.2 Å². The molecule has 15 heavy (non-hydrogen) atoms. The van der Waals surface area contributed by atoms with Gasteiger partial charge in [0.25, 0.3) is 0 Å². The van der Waals surface area contributed by atoms with Crippen molar-refractivity contribution in [3.63, 3.8) is 0 Å². The van der Waals surface area contributed by atoms with Gasteiger partial charge in [0.05, 0.1) is 18.8 Å². The molecular weight excluding hydrogens is 190 g/mol. The van der Waals surface area contributed by atoms with Crippen LogP contribution in [-0.4, -0.2) is 19.1 Å². The molecule has 0 unspecified atom stereocenters. The van der Waals surface area contributed by atoms with Gasteiger partial charge in [0, 0.05) is 20.0 Å². The van der Waals surface area contributed by atoms with Crippen molar-refractivity contribution in [3.8, 4) is 6.07 Å². The molecule has 2 heterocycles. The van der Waals surface area contributed by atoms with E-state index >= 15 is 0 Å². The van der Waals surface area contributed by atoms with Crippen LogP contribution in [0, 0.1) is 11.3 Å². The highest BCUT2D eigenvalue weighted by Crippen LogP contribution is 2.14. The number of hydrogen-bond acceptors (Lipinski definition) is 3. The molecule has 0 aliphatic rings. The van der Waals surface area contributed by atoms with Crippen LogP contribution in [0.4, 0.5) is 0 Å². The fourth-order valence-electron chi connectivity index (χ4n) is 1.70. The van der Waals surface area contributed by atoms with E-state index in [2.05, 4.69) is 23.0 Å². The molecule has 0 N–H and O–H groups in total. The van der Waals surface area contributed by atoms with Crippen LogP contribution in [0.5, 0.6) is 0 Å². The SMILES string of the molecule is CCc1nc2c(ncn2C)n1CCC#N.